The summed E-state index contributed by atoms with van der Waals surface area (Å²) < 4.78 is 18.3. The second kappa shape index (κ2) is 7.59. The van der Waals surface area contributed by atoms with Crippen LogP contribution in [0.15, 0.2) is 48.5 Å². The van der Waals surface area contributed by atoms with Crippen LogP contribution >= 0.6 is 0 Å². The van der Waals surface area contributed by atoms with Gasteiger partial charge in [0.1, 0.15) is 11.6 Å². The highest BCUT2D eigenvalue weighted by Crippen LogP contribution is 2.15. The third-order valence-electron chi connectivity index (χ3n) is 3.37. The van der Waals surface area contributed by atoms with Gasteiger partial charge >= 0.3 is 0 Å². The van der Waals surface area contributed by atoms with E-state index in [4.69, 9.17) is 4.74 Å². The number of carbonyl (C=O) groups is 1. The van der Waals surface area contributed by atoms with E-state index in [9.17, 15) is 9.18 Å². The average Bonchev–Trinajstić information content (AvgIpc) is 2.49. The second-order valence-corrected chi connectivity index (χ2v) is 5.22. The van der Waals surface area contributed by atoms with Crippen molar-refractivity contribution in [1.82, 2.24) is 5.32 Å². The van der Waals surface area contributed by atoms with Crippen LogP contribution in [-0.2, 0) is 11.2 Å². The Morgan fingerprint density at radius 2 is 1.77 bits per heavy atom. The maximum absolute atomic E-state index is 12.8. The minimum absolute atomic E-state index is 0.00187. The first-order valence-electron chi connectivity index (χ1n) is 7.29. The molecule has 1 amide bonds. The van der Waals surface area contributed by atoms with Gasteiger partial charge in [0.25, 0.3) is 0 Å². The zero-order chi connectivity index (χ0) is 15.9. The van der Waals surface area contributed by atoms with Crippen LogP contribution < -0.4 is 10.1 Å². The number of halogens is 1. The summed E-state index contributed by atoms with van der Waals surface area (Å²) in [5, 5.41) is 2.85. The fourth-order valence-corrected chi connectivity index (χ4v) is 2.18. The van der Waals surface area contributed by atoms with Gasteiger partial charge in [0.05, 0.1) is 12.6 Å². The first kappa shape index (κ1) is 16.0. The van der Waals surface area contributed by atoms with E-state index < -0.39 is 0 Å². The molecule has 0 spiro atoms. The van der Waals surface area contributed by atoms with Crippen molar-refractivity contribution in [3.8, 4) is 5.75 Å². The Labute approximate surface area is 130 Å². The zero-order valence-electron chi connectivity index (χ0n) is 12.8. The molecule has 0 aromatic heterocycles. The third-order valence-corrected chi connectivity index (χ3v) is 3.37. The molecule has 0 aliphatic rings. The molecular formula is C18H20FNO2. The normalized spacial score (nSPS) is 11.8. The van der Waals surface area contributed by atoms with E-state index in [0.29, 0.717) is 12.4 Å². The molecule has 0 saturated heterocycles. The molecule has 22 heavy (non-hydrogen) atoms. The number of nitrogens with one attached hydrogen (secondary N) is 1. The van der Waals surface area contributed by atoms with Gasteiger partial charge in [-0.25, -0.2) is 4.39 Å². The summed E-state index contributed by atoms with van der Waals surface area (Å²) in [6.07, 6.45) is 0.770. The fourth-order valence-electron chi connectivity index (χ4n) is 2.18. The number of ether oxygens (including phenoxy) is 1. The van der Waals surface area contributed by atoms with Crippen LogP contribution in [0.2, 0.25) is 0 Å². The lowest BCUT2D eigenvalue weighted by Crippen LogP contribution is -2.23. The van der Waals surface area contributed by atoms with Gasteiger partial charge in [-0.05, 0) is 42.3 Å². The Bertz CT molecular complexity index is 608. The molecule has 2 aromatic carbocycles. The van der Waals surface area contributed by atoms with Gasteiger partial charge in [-0.15, -0.1) is 0 Å². The first-order chi connectivity index (χ1) is 10.5. The SMILES string of the molecule is CC(=O)N[C@@H](C)c1ccc(CCOc2ccc(F)cc2)cc1. The lowest BCUT2D eigenvalue weighted by atomic mass is 10.0. The van der Waals surface area contributed by atoms with Gasteiger partial charge in [-0.1, -0.05) is 24.3 Å². The predicted octanol–water partition coefficient (Wildman–Crippen LogP) is 3.64. The maximum atomic E-state index is 12.8. The van der Waals surface area contributed by atoms with E-state index in [1.54, 1.807) is 12.1 Å². The Morgan fingerprint density at radius 3 is 2.36 bits per heavy atom. The van der Waals surface area contributed by atoms with Crippen molar-refractivity contribution in [3.05, 3.63) is 65.5 Å². The Hall–Kier alpha value is -2.36. The van der Waals surface area contributed by atoms with Crippen LogP contribution in [0.25, 0.3) is 0 Å². The molecule has 0 radical (unpaired) electrons. The van der Waals surface area contributed by atoms with Gasteiger partial charge < -0.3 is 10.1 Å². The van der Waals surface area contributed by atoms with Gasteiger partial charge in [-0.2, -0.15) is 0 Å². The number of hydrogen-bond donors (Lipinski definition) is 1. The average molecular weight is 301 g/mol. The fraction of sp³-hybridized carbons (Fsp3) is 0.278. The summed E-state index contributed by atoms with van der Waals surface area (Å²) in [6, 6.07) is 14.1. The van der Waals surface area contributed by atoms with Gasteiger partial charge in [-0.3, -0.25) is 4.79 Å². The van der Waals surface area contributed by atoms with Crippen LogP contribution in [0.3, 0.4) is 0 Å². The highest BCUT2D eigenvalue weighted by Gasteiger charge is 2.06. The largest absolute Gasteiger partial charge is 0.493 e. The van der Waals surface area contributed by atoms with Gasteiger partial charge in [0, 0.05) is 13.3 Å². The summed E-state index contributed by atoms with van der Waals surface area (Å²) in [5.74, 6) is 0.359. The summed E-state index contributed by atoms with van der Waals surface area (Å²) in [4.78, 5) is 11.0. The van der Waals surface area contributed by atoms with E-state index in [1.807, 2.05) is 31.2 Å². The van der Waals surface area contributed by atoms with Crippen molar-refractivity contribution >= 4 is 5.91 Å². The first-order valence-corrected chi connectivity index (χ1v) is 7.29. The van der Waals surface area contributed by atoms with Crippen LogP contribution in [0.1, 0.15) is 31.0 Å². The Kier molecular flexibility index (Phi) is 5.53. The van der Waals surface area contributed by atoms with Crippen molar-refractivity contribution in [2.45, 2.75) is 26.3 Å². The molecule has 116 valence electrons. The van der Waals surface area contributed by atoms with Crippen molar-refractivity contribution in [2.75, 3.05) is 6.61 Å². The second-order valence-electron chi connectivity index (χ2n) is 5.22. The molecule has 0 fully saturated rings. The predicted molar refractivity (Wildman–Crippen MR) is 84.3 cm³/mol. The van der Waals surface area contributed by atoms with E-state index in [1.165, 1.54) is 19.1 Å². The quantitative estimate of drug-likeness (QED) is 0.884. The molecule has 2 aromatic rings. The molecule has 0 aliphatic heterocycles. The van der Waals surface area contributed by atoms with Crippen molar-refractivity contribution in [1.29, 1.82) is 0 Å². The lowest BCUT2D eigenvalue weighted by Gasteiger charge is -2.13. The summed E-state index contributed by atoms with van der Waals surface area (Å²) >= 11 is 0. The number of amides is 1. The molecule has 1 atom stereocenters. The van der Waals surface area contributed by atoms with Crippen molar-refractivity contribution in [2.24, 2.45) is 0 Å². The topological polar surface area (TPSA) is 38.3 Å². The Morgan fingerprint density at radius 1 is 1.14 bits per heavy atom. The molecule has 0 heterocycles. The Balaban J connectivity index is 1.83. The molecular weight excluding hydrogens is 281 g/mol. The monoisotopic (exact) mass is 301 g/mol. The standard InChI is InChI=1S/C18H20FNO2/c1-13(20-14(2)21)16-5-3-15(4-6-16)11-12-22-18-9-7-17(19)8-10-18/h3-10,13H,11-12H2,1-2H3,(H,20,21)/t13-/m0/s1. The van der Waals surface area contributed by atoms with E-state index in [2.05, 4.69) is 5.32 Å². The number of hydrogen-bond acceptors (Lipinski definition) is 2. The summed E-state index contributed by atoms with van der Waals surface area (Å²) in [6.45, 7) is 4.00. The molecule has 3 nitrogen and oxygen atoms in total. The smallest absolute Gasteiger partial charge is 0.217 e. The maximum Gasteiger partial charge on any atom is 0.217 e. The third kappa shape index (κ3) is 4.88. The molecule has 2 rings (SSSR count). The number of carbonyl (C=O) groups excluding carboxylic acids is 1. The van der Waals surface area contributed by atoms with E-state index in [0.717, 1.165) is 17.5 Å². The summed E-state index contributed by atoms with van der Waals surface area (Å²) in [5.41, 5.74) is 2.22. The van der Waals surface area contributed by atoms with Crippen LogP contribution in [0, 0.1) is 5.82 Å². The van der Waals surface area contributed by atoms with E-state index >= 15 is 0 Å². The highest BCUT2D eigenvalue weighted by atomic mass is 19.1. The van der Waals surface area contributed by atoms with E-state index in [-0.39, 0.29) is 17.8 Å². The molecule has 0 saturated carbocycles. The van der Waals surface area contributed by atoms with Crippen molar-refractivity contribution in [3.63, 3.8) is 0 Å². The molecule has 4 heteroatoms. The minimum Gasteiger partial charge on any atom is -0.493 e. The molecule has 1 N–H and O–H groups in total. The van der Waals surface area contributed by atoms with Crippen LogP contribution in [-0.4, -0.2) is 12.5 Å². The highest BCUT2D eigenvalue weighted by molar-refractivity contribution is 5.73. The summed E-state index contributed by atoms with van der Waals surface area (Å²) in [7, 11) is 0. The zero-order valence-corrected chi connectivity index (χ0v) is 12.8. The number of rotatable bonds is 6. The minimum atomic E-state index is -0.267. The number of benzene rings is 2. The lowest BCUT2D eigenvalue weighted by molar-refractivity contribution is -0.119. The molecule has 0 aliphatic carbocycles. The van der Waals surface area contributed by atoms with Crippen LogP contribution in [0.5, 0.6) is 5.75 Å². The van der Waals surface area contributed by atoms with Crippen molar-refractivity contribution < 1.29 is 13.9 Å². The molecule has 0 unspecified atom stereocenters. The van der Waals surface area contributed by atoms with Crippen LogP contribution in [0.4, 0.5) is 4.39 Å². The molecule has 0 bridgehead atoms. The van der Waals surface area contributed by atoms with Gasteiger partial charge in [0.2, 0.25) is 5.91 Å². The van der Waals surface area contributed by atoms with Gasteiger partial charge in [0.15, 0.2) is 0 Å².